The molecule has 0 saturated carbocycles. The third kappa shape index (κ3) is 5.03. The van der Waals surface area contributed by atoms with Gasteiger partial charge in [-0.3, -0.25) is 0 Å². The van der Waals surface area contributed by atoms with Crippen LogP contribution >= 0.6 is 11.6 Å². The summed E-state index contributed by atoms with van der Waals surface area (Å²) in [5, 5.41) is 3.46. The predicted octanol–water partition coefficient (Wildman–Crippen LogP) is 4.67. The van der Waals surface area contributed by atoms with Crippen LogP contribution < -0.4 is 19.7 Å². The standard InChI is InChI=1S/C23H24ClN5O3/c1-16-14-28(11-12-29(16)23(30)27-17-7-9-18(31-2)10-8-17)21-13-22(26-15-25-21)32-20-6-4-3-5-19(20)24/h3-10,13,15-16H,11-12,14H2,1-2H3,(H,27,30)/t16-/m0/s1. The second kappa shape index (κ2) is 9.74. The number of ether oxygens (including phenoxy) is 2. The van der Waals surface area contributed by atoms with Crippen molar-refractivity contribution < 1.29 is 14.3 Å². The van der Waals surface area contributed by atoms with Crippen molar-refractivity contribution in [2.75, 3.05) is 37.0 Å². The Labute approximate surface area is 191 Å². The number of anilines is 2. The largest absolute Gasteiger partial charge is 0.497 e. The van der Waals surface area contributed by atoms with Gasteiger partial charge < -0.3 is 24.6 Å². The molecule has 8 nitrogen and oxygen atoms in total. The van der Waals surface area contributed by atoms with Gasteiger partial charge in [0.1, 0.15) is 23.6 Å². The predicted molar refractivity (Wildman–Crippen MR) is 124 cm³/mol. The summed E-state index contributed by atoms with van der Waals surface area (Å²) in [7, 11) is 1.61. The number of benzene rings is 2. The van der Waals surface area contributed by atoms with E-state index in [9.17, 15) is 4.79 Å². The molecule has 1 fully saturated rings. The Morgan fingerprint density at radius 3 is 2.62 bits per heavy atom. The van der Waals surface area contributed by atoms with Crippen LogP contribution in [0.2, 0.25) is 5.02 Å². The van der Waals surface area contributed by atoms with Gasteiger partial charge in [-0.1, -0.05) is 23.7 Å². The van der Waals surface area contributed by atoms with Crippen molar-refractivity contribution in [3.8, 4) is 17.4 Å². The number of urea groups is 1. The van der Waals surface area contributed by atoms with Crippen molar-refractivity contribution >= 4 is 29.1 Å². The molecule has 0 spiro atoms. The molecule has 1 aliphatic heterocycles. The summed E-state index contributed by atoms with van der Waals surface area (Å²) in [4.78, 5) is 25.3. The minimum Gasteiger partial charge on any atom is -0.497 e. The third-order valence-corrected chi connectivity index (χ3v) is 5.54. The second-order valence-electron chi connectivity index (χ2n) is 7.39. The molecule has 0 radical (unpaired) electrons. The number of piperazine rings is 1. The molecule has 1 saturated heterocycles. The highest BCUT2D eigenvalue weighted by Crippen LogP contribution is 2.29. The normalized spacial score (nSPS) is 15.9. The smallest absolute Gasteiger partial charge is 0.322 e. The maximum Gasteiger partial charge on any atom is 0.322 e. The fourth-order valence-electron chi connectivity index (χ4n) is 3.54. The van der Waals surface area contributed by atoms with Gasteiger partial charge in [0.25, 0.3) is 0 Å². The Kier molecular flexibility index (Phi) is 6.61. The number of nitrogens with one attached hydrogen (secondary N) is 1. The zero-order chi connectivity index (χ0) is 22.5. The van der Waals surface area contributed by atoms with Crippen molar-refractivity contribution in [1.29, 1.82) is 0 Å². The molecule has 32 heavy (non-hydrogen) atoms. The molecule has 4 rings (SSSR count). The Bertz CT molecular complexity index is 1080. The van der Waals surface area contributed by atoms with E-state index in [4.69, 9.17) is 21.1 Å². The number of aromatic nitrogens is 2. The summed E-state index contributed by atoms with van der Waals surface area (Å²) in [6, 6.07) is 16.1. The van der Waals surface area contributed by atoms with Crippen LogP contribution in [0.5, 0.6) is 17.4 Å². The van der Waals surface area contributed by atoms with Gasteiger partial charge in [0, 0.05) is 37.4 Å². The fraction of sp³-hybridized carbons (Fsp3) is 0.261. The van der Waals surface area contributed by atoms with Gasteiger partial charge in [-0.05, 0) is 43.3 Å². The molecule has 0 unspecified atom stereocenters. The van der Waals surface area contributed by atoms with E-state index >= 15 is 0 Å². The summed E-state index contributed by atoms with van der Waals surface area (Å²) in [6.07, 6.45) is 1.47. The number of hydrogen-bond acceptors (Lipinski definition) is 6. The molecule has 166 valence electrons. The number of halogens is 1. The summed E-state index contributed by atoms with van der Waals surface area (Å²) in [6.45, 7) is 3.86. The minimum atomic E-state index is -0.132. The first-order valence-electron chi connectivity index (χ1n) is 10.2. The minimum absolute atomic E-state index is 0.00935. The second-order valence-corrected chi connectivity index (χ2v) is 7.80. The number of carbonyl (C=O) groups is 1. The molecule has 1 aliphatic rings. The molecule has 1 N–H and O–H groups in total. The van der Waals surface area contributed by atoms with Crippen molar-refractivity contribution in [2.24, 2.45) is 0 Å². The fourth-order valence-corrected chi connectivity index (χ4v) is 3.71. The summed E-state index contributed by atoms with van der Waals surface area (Å²) in [5.74, 6) is 2.43. The van der Waals surface area contributed by atoms with E-state index in [1.54, 1.807) is 25.3 Å². The first-order valence-corrected chi connectivity index (χ1v) is 10.6. The number of amides is 2. The summed E-state index contributed by atoms with van der Waals surface area (Å²) >= 11 is 6.17. The molecular formula is C23H24ClN5O3. The number of rotatable bonds is 5. The van der Waals surface area contributed by atoms with Crippen LogP contribution in [0.15, 0.2) is 60.9 Å². The van der Waals surface area contributed by atoms with Crippen LogP contribution in [-0.4, -0.2) is 53.7 Å². The summed E-state index contributed by atoms with van der Waals surface area (Å²) < 4.78 is 11.0. The van der Waals surface area contributed by atoms with Crippen molar-refractivity contribution in [1.82, 2.24) is 14.9 Å². The van der Waals surface area contributed by atoms with Gasteiger partial charge in [0.05, 0.1) is 12.1 Å². The average molecular weight is 454 g/mol. The first-order chi connectivity index (χ1) is 15.5. The lowest BCUT2D eigenvalue weighted by molar-refractivity contribution is 0.184. The quantitative estimate of drug-likeness (QED) is 0.604. The SMILES string of the molecule is COc1ccc(NC(=O)N2CCN(c3cc(Oc4ccccc4Cl)ncn3)C[C@@H]2C)cc1. The van der Waals surface area contributed by atoms with Crippen LogP contribution in [-0.2, 0) is 0 Å². The van der Waals surface area contributed by atoms with Gasteiger partial charge >= 0.3 is 6.03 Å². The Morgan fingerprint density at radius 2 is 1.91 bits per heavy atom. The molecule has 2 aromatic carbocycles. The molecule has 2 amide bonds. The molecule has 2 heterocycles. The van der Waals surface area contributed by atoms with Gasteiger partial charge in [-0.15, -0.1) is 0 Å². The molecule has 3 aromatic rings. The van der Waals surface area contributed by atoms with Gasteiger partial charge in [0.15, 0.2) is 0 Å². The van der Waals surface area contributed by atoms with Crippen LogP contribution in [0, 0.1) is 0 Å². The number of para-hydroxylation sites is 1. The van der Waals surface area contributed by atoms with E-state index in [1.165, 1.54) is 6.33 Å². The van der Waals surface area contributed by atoms with E-state index < -0.39 is 0 Å². The lowest BCUT2D eigenvalue weighted by Gasteiger charge is -2.40. The topological polar surface area (TPSA) is 79.8 Å². The zero-order valence-corrected chi connectivity index (χ0v) is 18.6. The lowest BCUT2D eigenvalue weighted by Crippen LogP contribution is -2.55. The molecule has 1 aromatic heterocycles. The lowest BCUT2D eigenvalue weighted by atomic mass is 10.2. The number of nitrogens with zero attached hydrogens (tertiary/aromatic N) is 4. The van der Waals surface area contributed by atoms with Gasteiger partial charge in [0.2, 0.25) is 5.88 Å². The van der Waals surface area contributed by atoms with E-state index in [-0.39, 0.29) is 12.1 Å². The maximum atomic E-state index is 12.8. The van der Waals surface area contributed by atoms with Crippen LogP contribution in [0.4, 0.5) is 16.3 Å². The Hall–Kier alpha value is -3.52. The monoisotopic (exact) mass is 453 g/mol. The highest BCUT2D eigenvalue weighted by Gasteiger charge is 2.28. The molecule has 1 atom stereocenters. The average Bonchev–Trinajstić information content (AvgIpc) is 2.81. The maximum absolute atomic E-state index is 12.8. The van der Waals surface area contributed by atoms with Crippen LogP contribution in [0.3, 0.4) is 0 Å². The third-order valence-electron chi connectivity index (χ3n) is 5.23. The van der Waals surface area contributed by atoms with Crippen LogP contribution in [0.25, 0.3) is 0 Å². The van der Waals surface area contributed by atoms with E-state index in [1.807, 2.05) is 48.2 Å². The number of hydrogen-bond donors (Lipinski definition) is 1. The highest BCUT2D eigenvalue weighted by molar-refractivity contribution is 6.32. The Balaban J connectivity index is 1.38. The molecule has 0 aliphatic carbocycles. The molecule has 9 heteroatoms. The number of carbonyl (C=O) groups excluding carboxylic acids is 1. The van der Waals surface area contributed by atoms with E-state index in [0.717, 1.165) is 17.3 Å². The van der Waals surface area contributed by atoms with E-state index in [0.29, 0.717) is 36.3 Å². The zero-order valence-electron chi connectivity index (χ0n) is 17.9. The molecular weight excluding hydrogens is 430 g/mol. The van der Waals surface area contributed by atoms with Crippen LogP contribution in [0.1, 0.15) is 6.92 Å². The van der Waals surface area contributed by atoms with Gasteiger partial charge in [-0.2, -0.15) is 0 Å². The molecule has 0 bridgehead atoms. The highest BCUT2D eigenvalue weighted by atomic mass is 35.5. The Morgan fingerprint density at radius 1 is 1.12 bits per heavy atom. The van der Waals surface area contributed by atoms with Crippen molar-refractivity contribution in [3.05, 3.63) is 65.9 Å². The van der Waals surface area contributed by atoms with E-state index in [2.05, 4.69) is 20.2 Å². The summed E-state index contributed by atoms with van der Waals surface area (Å²) in [5.41, 5.74) is 0.725. The number of methoxy groups -OCH3 is 1. The van der Waals surface area contributed by atoms with Crippen molar-refractivity contribution in [2.45, 2.75) is 13.0 Å². The first kappa shape index (κ1) is 21.7. The van der Waals surface area contributed by atoms with Crippen molar-refractivity contribution in [3.63, 3.8) is 0 Å². The van der Waals surface area contributed by atoms with Gasteiger partial charge in [-0.25, -0.2) is 14.8 Å².